The fraction of sp³-hybridized carbons (Fsp3) is 0.533. The van der Waals surface area contributed by atoms with Gasteiger partial charge in [-0.1, -0.05) is 12.1 Å². The zero-order chi connectivity index (χ0) is 14.4. The summed E-state index contributed by atoms with van der Waals surface area (Å²) in [6.45, 7) is 2.22. The topological polar surface area (TPSA) is 78.8 Å². The lowest BCUT2D eigenvalue weighted by molar-refractivity contribution is 0.0692. The van der Waals surface area contributed by atoms with Crippen molar-refractivity contribution in [1.29, 1.82) is 0 Å². The van der Waals surface area contributed by atoms with Gasteiger partial charge in [-0.25, -0.2) is 4.79 Å². The number of hydrogen-bond acceptors (Lipinski definition) is 4. The summed E-state index contributed by atoms with van der Waals surface area (Å²) in [7, 11) is 0. The van der Waals surface area contributed by atoms with Gasteiger partial charge < -0.3 is 20.3 Å². The van der Waals surface area contributed by atoms with Crippen LogP contribution in [0.25, 0.3) is 0 Å². The summed E-state index contributed by atoms with van der Waals surface area (Å²) < 4.78 is 5.50. The van der Waals surface area contributed by atoms with Crippen molar-refractivity contribution in [1.82, 2.24) is 5.32 Å². The number of aromatic carboxylic acids is 1. The molecule has 3 N–H and O–H groups in total. The van der Waals surface area contributed by atoms with Crippen LogP contribution in [0.1, 0.15) is 29.6 Å². The number of aliphatic hydroxyl groups excluding tert-OH is 1. The molecular formula is C15H21NO4. The number of hydrogen-bond donors (Lipinski definition) is 3. The van der Waals surface area contributed by atoms with Gasteiger partial charge >= 0.3 is 5.97 Å². The van der Waals surface area contributed by atoms with Gasteiger partial charge in [-0.05, 0) is 36.8 Å². The highest BCUT2D eigenvalue weighted by Crippen LogP contribution is 2.47. The molecular weight excluding hydrogens is 258 g/mol. The molecule has 0 heterocycles. The molecule has 1 aromatic rings. The van der Waals surface area contributed by atoms with Gasteiger partial charge in [0.15, 0.2) is 0 Å². The molecule has 0 atom stereocenters. The minimum Gasteiger partial charge on any atom is -0.491 e. The van der Waals surface area contributed by atoms with Crippen molar-refractivity contribution in [2.45, 2.75) is 19.3 Å². The highest BCUT2D eigenvalue weighted by atomic mass is 16.5. The molecule has 1 aliphatic carbocycles. The zero-order valence-electron chi connectivity index (χ0n) is 11.5. The summed E-state index contributed by atoms with van der Waals surface area (Å²) in [5.74, 6) is -0.577. The molecule has 0 aliphatic heterocycles. The van der Waals surface area contributed by atoms with Crippen molar-refractivity contribution in [3.63, 3.8) is 0 Å². The second kappa shape index (κ2) is 6.72. The lowest BCUT2D eigenvalue weighted by atomic mass is 10.0. The predicted molar refractivity (Wildman–Crippen MR) is 75.1 cm³/mol. The second-order valence-electron chi connectivity index (χ2n) is 5.30. The first-order valence-corrected chi connectivity index (χ1v) is 6.94. The third-order valence-corrected chi connectivity index (χ3v) is 3.75. The average molecular weight is 279 g/mol. The van der Waals surface area contributed by atoms with Crippen LogP contribution in [-0.4, -0.2) is 42.5 Å². The molecule has 1 aliphatic rings. The molecule has 110 valence electrons. The van der Waals surface area contributed by atoms with Crippen molar-refractivity contribution >= 4 is 5.97 Å². The Hall–Kier alpha value is -1.59. The summed E-state index contributed by atoms with van der Waals surface area (Å²) in [6.07, 6.45) is 3.19. The van der Waals surface area contributed by atoms with E-state index < -0.39 is 5.97 Å². The molecule has 0 saturated heterocycles. The van der Waals surface area contributed by atoms with E-state index in [4.69, 9.17) is 14.9 Å². The minimum absolute atomic E-state index is 0.187. The quantitative estimate of drug-likeness (QED) is 0.597. The Morgan fingerprint density at radius 3 is 2.75 bits per heavy atom. The van der Waals surface area contributed by atoms with Crippen LogP contribution in [-0.2, 0) is 0 Å². The summed E-state index contributed by atoms with van der Waals surface area (Å²) in [5.41, 5.74) is 0.472. The number of ether oxygens (including phenoxy) is 1. The largest absolute Gasteiger partial charge is 0.491 e. The summed E-state index contributed by atoms with van der Waals surface area (Å²) in [5, 5.41) is 21.3. The molecule has 1 aromatic carbocycles. The van der Waals surface area contributed by atoms with Gasteiger partial charge in [0.05, 0.1) is 0 Å². The molecule has 0 radical (unpaired) electrons. The standard InChI is InChI=1S/C15H21NO4/c17-9-7-15(5-6-15)11-16-8-10-20-13-4-2-1-3-12(13)14(18)19/h1-4,16-17H,5-11H2,(H,18,19). The molecule has 1 fully saturated rings. The maximum absolute atomic E-state index is 11.0. The van der Waals surface area contributed by atoms with E-state index in [0.29, 0.717) is 18.9 Å². The Kier molecular flexibility index (Phi) is 4.98. The number of benzene rings is 1. The normalized spacial score (nSPS) is 15.8. The maximum Gasteiger partial charge on any atom is 0.339 e. The molecule has 0 spiro atoms. The number of para-hydroxylation sites is 1. The van der Waals surface area contributed by atoms with E-state index in [0.717, 1.165) is 13.0 Å². The third kappa shape index (κ3) is 3.95. The second-order valence-corrected chi connectivity index (χ2v) is 5.30. The number of carboxylic acids is 1. The Labute approximate surface area is 118 Å². The first-order chi connectivity index (χ1) is 9.67. The first kappa shape index (κ1) is 14.8. The van der Waals surface area contributed by atoms with Gasteiger partial charge in [0, 0.05) is 19.7 Å². The predicted octanol–water partition coefficient (Wildman–Crippen LogP) is 1.52. The molecule has 0 bridgehead atoms. The van der Waals surface area contributed by atoms with Gasteiger partial charge in [0.1, 0.15) is 17.9 Å². The summed E-state index contributed by atoms with van der Waals surface area (Å²) in [6, 6.07) is 6.64. The van der Waals surface area contributed by atoms with Crippen LogP contribution in [0, 0.1) is 5.41 Å². The van der Waals surface area contributed by atoms with E-state index in [1.165, 1.54) is 18.9 Å². The number of rotatable bonds is 9. The van der Waals surface area contributed by atoms with E-state index in [1.807, 2.05) is 0 Å². The zero-order valence-corrected chi connectivity index (χ0v) is 11.5. The Morgan fingerprint density at radius 1 is 1.35 bits per heavy atom. The molecule has 2 rings (SSSR count). The first-order valence-electron chi connectivity index (χ1n) is 6.94. The fourth-order valence-corrected chi connectivity index (χ4v) is 2.29. The Bertz CT molecular complexity index is 457. The highest BCUT2D eigenvalue weighted by Gasteiger charge is 2.41. The van der Waals surface area contributed by atoms with Crippen molar-refractivity contribution in [2.24, 2.45) is 5.41 Å². The number of carbonyl (C=O) groups is 1. The third-order valence-electron chi connectivity index (χ3n) is 3.75. The van der Waals surface area contributed by atoms with Crippen LogP contribution in [0.2, 0.25) is 0 Å². The van der Waals surface area contributed by atoms with E-state index >= 15 is 0 Å². The van der Waals surface area contributed by atoms with Crippen molar-refractivity contribution in [3.8, 4) is 5.75 Å². The molecule has 1 saturated carbocycles. The van der Waals surface area contributed by atoms with E-state index in [9.17, 15) is 4.79 Å². The van der Waals surface area contributed by atoms with Crippen molar-refractivity contribution < 1.29 is 19.7 Å². The molecule has 5 heteroatoms. The van der Waals surface area contributed by atoms with Crippen LogP contribution < -0.4 is 10.1 Å². The molecule has 5 nitrogen and oxygen atoms in total. The highest BCUT2D eigenvalue weighted by molar-refractivity contribution is 5.90. The Balaban J connectivity index is 1.70. The van der Waals surface area contributed by atoms with Crippen LogP contribution in [0.3, 0.4) is 0 Å². The van der Waals surface area contributed by atoms with E-state index in [1.54, 1.807) is 18.2 Å². The average Bonchev–Trinajstić information content (AvgIpc) is 3.19. The number of aliphatic hydroxyl groups is 1. The van der Waals surface area contributed by atoms with Crippen LogP contribution in [0.4, 0.5) is 0 Å². The van der Waals surface area contributed by atoms with Gasteiger partial charge in [-0.15, -0.1) is 0 Å². The van der Waals surface area contributed by atoms with Gasteiger partial charge in [-0.3, -0.25) is 0 Å². The Morgan fingerprint density at radius 2 is 2.10 bits per heavy atom. The lowest BCUT2D eigenvalue weighted by Gasteiger charge is -2.15. The van der Waals surface area contributed by atoms with Crippen molar-refractivity contribution in [2.75, 3.05) is 26.3 Å². The summed E-state index contributed by atoms with van der Waals surface area (Å²) >= 11 is 0. The molecule has 20 heavy (non-hydrogen) atoms. The molecule has 0 unspecified atom stereocenters. The number of nitrogens with one attached hydrogen (secondary N) is 1. The van der Waals surface area contributed by atoms with Gasteiger partial charge in [0.25, 0.3) is 0 Å². The lowest BCUT2D eigenvalue weighted by Crippen LogP contribution is -2.28. The summed E-state index contributed by atoms with van der Waals surface area (Å²) in [4.78, 5) is 11.0. The molecule has 0 aromatic heterocycles. The minimum atomic E-state index is -0.978. The SMILES string of the molecule is O=C(O)c1ccccc1OCCNCC1(CCO)CC1. The van der Waals surface area contributed by atoms with Gasteiger partial charge in [0.2, 0.25) is 0 Å². The van der Waals surface area contributed by atoms with Crippen LogP contribution in [0.15, 0.2) is 24.3 Å². The monoisotopic (exact) mass is 279 g/mol. The van der Waals surface area contributed by atoms with Gasteiger partial charge in [-0.2, -0.15) is 0 Å². The smallest absolute Gasteiger partial charge is 0.339 e. The van der Waals surface area contributed by atoms with E-state index in [2.05, 4.69) is 5.32 Å². The van der Waals surface area contributed by atoms with Crippen LogP contribution in [0.5, 0.6) is 5.75 Å². The van der Waals surface area contributed by atoms with Crippen LogP contribution >= 0.6 is 0 Å². The number of carboxylic acid groups (broad SMARTS) is 1. The van der Waals surface area contributed by atoms with E-state index in [-0.39, 0.29) is 17.6 Å². The molecule has 0 amide bonds. The maximum atomic E-state index is 11.0. The van der Waals surface area contributed by atoms with Crippen molar-refractivity contribution in [3.05, 3.63) is 29.8 Å². The fourth-order valence-electron chi connectivity index (χ4n) is 2.29.